The first-order valence-electron chi connectivity index (χ1n) is 1.98. The second kappa shape index (κ2) is 8.48. The summed E-state index contributed by atoms with van der Waals surface area (Å²) in [5, 5.41) is 0. The Morgan fingerprint density at radius 3 is 2.38 bits per heavy atom. The van der Waals surface area contributed by atoms with Crippen LogP contribution in [0.4, 0.5) is 0 Å². The molecule has 8 heavy (non-hydrogen) atoms. The number of nitrogens with zero attached hydrogens (tertiary/aromatic N) is 1. The summed E-state index contributed by atoms with van der Waals surface area (Å²) >= 11 is 0.957. The molecule has 1 aliphatic heterocycles. The first kappa shape index (κ1) is 9.48. The van der Waals surface area contributed by atoms with Gasteiger partial charge in [0.15, 0.2) is 0 Å². The summed E-state index contributed by atoms with van der Waals surface area (Å²) in [6, 6.07) is 0. The molecule has 1 aliphatic rings. The Labute approximate surface area is 71.9 Å². The molecule has 0 bridgehead atoms. The molecule has 1 rings (SSSR count). The average molecular weight is 249 g/mol. The van der Waals surface area contributed by atoms with Crippen molar-refractivity contribution in [2.45, 2.75) is 0 Å². The molecule has 5 heteroatoms. The van der Waals surface area contributed by atoms with Crippen molar-refractivity contribution in [3.05, 3.63) is 0 Å². The standard InChI is InChI=1S/C3H5NS.2ClH.Zr/c1-2-5-3-4-1;;;/h3H,1-2H2;2*1H;/q;;;+2/p-2. The molecule has 0 amide bonds. The fraction of sp³-hybridized carbons (Fsp3) is 0.667. The molecule has 0 saturated heterocycles. The van der Waals surface area contributed by atoms with Gasteiger partial charge in [0.2, 0.25) is 0 Å². The number of hydrogen-bond donors (Lipinski definition) is 0. The first-order chi connectivity index (χ1) is 3.91. The van der Waals surface area contributed by atoms with Crippen molar-refractivity contribution in [1.29, 1.82) is 0 Å². The van der Waals surface area contributed by atoms with Gasteiger partial charge in [0.1, 0.15) is 0 Å². The summed E-state index contributed by atoms with van der Waals surface area (Å²) in [6.45, 7) is 1.03. The number of halogens is 2. The van der Waals surface area contributed by atoms with Gasteiger partial charge in [0, 0.05) is 12.3 Å². The molecule has 0 unspecified atom stereocenters. The maximum absolute atomic E-state index is 4.93. The zero-order chi connectivity index (χ0) is 6.24. The third kappa shape index (κ3) is 7.48. The monoisotopic (exact) mass is 247 g/mol. The van der Waals surface area contributed by atoms with Crippen LogP contribution in [0, 0.1) is 0 Å². The Kier molecular flexibility index (Phi) is 10.1. The molecule has 0 aliphatic carbocycles. The molecule has 0 aromatic heterocycles. The zero-order valence-corrected chi connectivity index (χ0v) is 8.89. The fourth-order valence-electron chi connectivity index (χ4n) is 0.264. The quantitative estimate of drug-likeness (QED) is 0.640. The van der Waals surface area contributed by atoms with Gasteiger partial charge in [-0.2, -0.15) is 0 Å². The Morgan fingerprint density at radius 2 is 2.25 bits per heavy atom. The molecule has 0 radical (unpaired) electrons. The van der Waals surface area contributed by atoms with Crippen molar-refractivity contribution in [1.82, 2.24) is 0 Å². The second-order valence-corrected chi connectivity index (χ2v) is 5.64. The van der Waals surface area contributed by atoms with E-state index in [9.17, 15) is 0 Å². The number of aliphatic imine (C=N–C) groups is 1. The Bertz CT molecular complexity index is 64.3. The Morgan fingerprint density at radius 1 is 1.62 bits per heavy atom. The second-order valence-electron chi connectivity index (χ2n) is 0.954. The van der Waals surface area contributed by atoms with E-state index in [0.717, 1.165) is 6.54 Å². The molecular formula is C3H5Cl2NSZr. The average Bonchev–Trinajstić information content (AvgIpc) is 2.17. The van der Waals surface area contributed by atoms with E-state index in [4.69, 9.17) is 17.0 Å². The zero-order valence-electron chi connectivity index (χ0n) is 4.10. The van der Waals surface area contributed by atoms with Crippen LogP contribution in [0.3, 0.4) is 0 Å². The van der Waals surface area contributed by atoms with Gasteiger partial charge >= 0.3 is 37.9 Å². The van der Waals surface area contributed by atoms with Crippen molar-refractivity contribution in [3.63, 3.8) is 0 Å². The molecular weight excluding hydrogens is 244 g/mol. The van der Waals surface area contributed by atoms with E-state index in [-0.39, 0.29) is 0 Å². The maximum atomic E-state index is 4.93. The summed E-state index contributed by atoms with van der Waals surface area (Å²) in [5.41, 5.74) is 1.90. The van der Waals surface area contributed by atoms with Gasteiger partial charge < -0.3 is 0 Å². The van der Waals surface area contributed by atoms with Crippen molar-refractivity contribution in [3.8, 4) is 0 Å². The Hall–Kier alpha value is 1.48. The molecule has 0 fully saturated rings. The van der Waals surface area contributed by atoms with Gasteiger partial charge in [0.05, 0.1) is 5.55 Å². The van der Waals surface area contributed by atoms with Crippen LogP contribution in [-0.2, 0) is 20.8 Å². The summed E-state index contributed by atoms with van der Waals surface area (Å²) in [7, 11) is 9.87. The van der Waals surface area contributed by atoms with E-state index in [1.54, 1.807) is 11.8 Å². The van der Waals surface area contributed by atoms with Crippen LogP contribution >= 0.6 is 28.8 Å². The van der Waals surface area contributed by atoms with Crippen LogP contribution in [-0.4, -0.2) is 17.8 Å². The van der Waals surface area contributed by atoms with Crippen LogP contribution in [0.1, 0.15) is 0 Å². The van der Waals surface area contributed by atoms with Crippen molar-refractivity contribution < 1.29 is 20.8 Å². The first-order valence-corrected chi connectivity index (χ1v) is 9.36. The van der Waals surface area contributed by atoms with E-state index in [0.29, 0.717) is 0 Å². The third-order valence-electron chi connectivity index (χ3n) is 0.487. The molecule has 0 N–H and O–H groups in total. The van der Waals surface area contributed by atoms with Gasteiger partial charge in [-0.25, -0.2) is 0 Å². The van der Waals surface area contributed by atoms with Crippen LogP contribution in [0.25, 0.3) is 0 Å². The van der Waals surface area contributed by atoms with Crippen LogP contribution in [0.2, 0.25) is 0 Å². The minimum absolute atomic E-state index is 0.826. The molecule has 1 nitrogen and oxygen atoms in total. The number of rotatable bonds is 0. The van der Waals surface area contributed by atoms with Gasteiger partial charge in [-0.15, -0.1) is 11.8 Å². The molecule has 0 aromatic carbocycles. The van der Waals surface area contributed by atoms with Crippen molar-refractivity contribution in [2.24, 2.45) is 4.99 Å². The van der Waals surface area contributed by atoms with E-state index < -0.39 is 20.8 Å². The fourth-order valence-corrected chi connectivity index (χ4v) is 0.791. The van der Waals surface area contributed by atoms with E-state index in [2.05, 4.69) is 4.99 Å². The summed E-state index contributed by atoms with van der Waals surface area (Å²) in [4.78, 5) is 3.92. The normalized spacial score (nSPS) is 14.8. The van der Waals surface area contributed by atoms with Crippen molar-refractivity contribution in [2.75, 3.05) is 12.3 Å². The van der Waals surface area contributed by atoms with Crippen molar-refractivity contribution >= 4 is 34.3 Å². The predicted octanol–water partition coefficient (Wildman–Crippen LogP) is 2.14. The van der Waals surface area contributed by atoms with Gasteiger partial charge in [-0.1, -0.05) is 0 Å². The number of thioether (sulfide) groups is 1. The van der Waals surface area contributed by atoms with Gasteiger partial charge in [-0.3, -0.25) is 4.99 Å². The summed E-state index contributed by atoms with van der Waals surface area (Å²) < 4.78 is 0. The molecule has 0 spiro atoms. The molecule has 0 atom stereocenters. The van der Waals surface area contributed by atoms with E-state index in [1.807, 2.05) is 5.55 Å². The van der Waals surface area contributed by atoms with Crippen LogP contribution < -0.4 is 0 Å². The summed E-state index contributed by atoms with van der Waals surface area (Å²) in [5.74, 6) is 1.19. The van der Waals surface area contributed by atoms with E-state index in [1.165, 1.54) is 5.75 Å². The topological polar surface area (TPSA) is 12.4 Å². The third-order valence-corrected chi connectivity index (χ3v) is 1.20. The van der Waals surface area contributed by atoms with Gasteiger partial charge in [-0.05, 0) is 0 Å². The van der Waals surface area contributed by atoms with Gasteiger partial charge in [0.25, 0.3) is 0 Å². The number of hydrogen-bond acceptors (Lipinski definition) is 2. The van der Waals surface area contributed by atoms with E-state index >= 15 is 0 Å². The SMILES string of the molecule is C1=NCCS1.[Cl][Zr][Cl]. The van der Waals surface area contributed by atoms with Crippen LogP contribution in [0.5, 0.6) is 0 Å². The predicted molar refractivity (Wildman–Crippen MR) is 37.5 cm³/mol. The molecule has 46 valence electrons. The molecule has 1 heterocycles. The molecule has 0 saturated carbocycles. The van der Waals surface area contributed by atoms with Crippen LogP contribution in [0.15, 0.2) is 4.99 Å². The molecule has 0 aromatic rings. The summed E-state index contributed by atoms with van der Waals surface area (Å²) in [6.07, 6.45) is 0. The Balaban J connectivity index is 0.000000145. The minimum atomic E-state index is -0.826.